The van der Waals surface area contributed by atoms with Crippen molar-refractivity contribution in [3.63, 3.8) is 0 Å². The molecule has 114 valence electrons. The van der Waals surface area contributed by atoms with Crippen LogP contribution in [0.25, 0.3) is 0 Å². The fraction of sp³-hybridized carbons (Fsp3) is 0.500. The molecule has 0 saturated carbocycles. The van der Waals surface area contributed by atoms with Gasteiger partial charge >= 0.3 is 0 Å². The van der Waals surface area contributed by atoms with Crippen LogP contribution in [0.3, 0.4) is 0 Å². The monoisotopic (exact) mass is 290 g/mol. The predicted molar refractivity (Wildman–Crippen MR) is 79.6 cm³/mol. The van der Waals surface area contributed by atoms with Crippen molar-refractivity contribution in [2.45, 2.75) is 31.7 Å². The lowest BCUT2D eigenvalue weighted by Crippen LogP contribution is -2.40. The van der Waals surface area contributed by atoms with E-state index in [4.69, 9.17) is 0 Å². The molecule has 0 spiro atoms. The minimum atomic E-state index is -0.283. The first-order valence-electron chi connectivity index (χ1n) is 7.41. The highest BCUT2D eigenvalue weighted by molar-refractivity contribution is 5.80. The van der Waals surface area contributed by atoms with E-state index in [1.807, 2.05) is 30.3 Å². The van der Waals surface area contributed by atoms with Gasteiger partial charge in [0.2, 0.25) is 11.8 Å². The van der Waals surface area contributed by atoms with E-state index in [-0.39, 0.29) is 30.9 Å². The van der Waals surface area contributed by atoms with Crippen molar-refractivity contribution < 1.29 is 14.7 Å². The molecule has 0 aromatic heterocycles. The summed E-state index contributed by atoms with van der Waals surface area (Å²) in [6.45, 7) is 1.12. The molecule has 1 aliphatic rings. The number of aliphatic hydroxyl groups excluding tert-OH is 1. The Bertz CT molecular complexity index is 476. The Kier molecular flexibility index (Phi) is 5.75. The number of carbonyl (C=O) groups excluding carboxylic acids is 2. The average Bonchev–Trinajstić information content (AvgIpc) is 2.91. The van der Waals surface area contributed by atoms with Crippen LogP contribution in [0.15, 0.2) is 30.3 Å². The van der Waals surface area contributed by atoms with E-state index in [9.17, 15) is 14.7 Å². The molecule has 1 aromatic rings. The van der Waals surface area contributed by atoms with Crippen molar-refractivity contribution in [2.75, 3.05) is 19.7 Å². The lowest BCUT2D eigenvalue weighted by Gasteiger charge is -2.18. The maximum Gasteiger partial charge on any atom is 0.222 e. The molecular formula is C16H22N2O3. The number of nitrogens with zero attached hydrogens (tertiary/aromatic N) is 1. The summed E-state index contributed by atoms with van der Waals surface area (Å²) in [5.41, 5.74) is 1.08. The van der Waals surface area contributed by atoms with Crippen LogP contribution in [-0.4, -0.2) is 47.6 Å². The standard InChI is InChI=1S/C16H22N2O3/c19-12-14(11-13-5-2-1-3-6-13)17-15(20)8-10-18-9-4-7-16(18)21/h1-3,5-6,14,19H,4,7-12H2,(H,17,20). The molecular weight excluding hydrogens is 268 g/mol. The number of rotatable bonds is 7. The zero-order valence-corrected chi connectivity index (χ0v) is 12.1. The van der Waals surface area contributed by atoms with Crippen LogP contribution in [0.1, 0.15) is 24.8 Å². The van der Waals surface area contributed by atoms with Crippen molar-refractivity contribution in [2.24, 2.45) is 0 Å². The zero-order valence-electron chi connectivity index (χ0n) is 12.1. The molecule has 0 aliphatic carbocycles. The van der Waals surface area contributed by atoms with Crippen molar-refractivity contribution >= 4 is 11.8 Å². The molecule has 1 aromatic carbocycles. The summed E-state index contributed by atoms with van der Waals surface area (Å²) < 4.78 is 0. The van der Waals surface area contributed by atoms with Crippen LogP contribution < -0.4 is 5.32 Å². The molecule has 1 fully saturated rings. The van der Waals surface area contributed by atoms with Crippen molar-refractivity contribution in [3.05, 3.63) is 35.9 Å². The topological polar surface area (TPSA) is 69.6 Å². The summed E-state index contributed by atoms with van der Waals surface area (Å²) in [6, 6.07) is 9.46. The Hall–Kier alpha value is -1.88. The third kappa shape index (κ3) is 4.86. The molecule has 1 saturated heterocycles. The largest absolute Gasteiger partial charge is 0.394 e. The first kappa shape index (κ1) is 15.5. The molecule has 21 heavy (non-hydrogen) atoms. The molecule has 5 nitrogen and oxygen atoms in total. The summed E-state index contributed by atoms with van der Waals surface area (Å²) >= 11 is 0. The number of hydrogen-bond donors (Lipinski definition) is 2. The van der Waals surface area contributed by atoms with Crippen LogP contribution in [0.2, 0.25) is 0 Å². The smallest absolute Gasteiger partial charge is 0.222 e. The second-order valence-corrected chi connectivity index (χ2v) is 5.37. The number of likely N-dealkylation sites (tertiary alicyclic amines) is 1. The lowest BCUT2D eigenvalue weighted by molar-refractivity contribution is -0.128. The second-order valence-electron chi connectivity index (χ2n) is 5.37. The SMILES string of the molecule is O=C(CCN1CCCC1=O)NC(CO)Cc1ccccc1. The summed E-state index contributed by atoms with van der Waals surface area (Å²) in [7, 11) is 0. The first-order valence-corrected chi connectivity index (χ1v) is 7.41. The molecule has 2 N–H and O–H groups in total. The van der Waals surface area contributed by atoms with Crippen LogP contribution in [0.4, 0.5) is 0 Å². The molecule has 2 amide bonds. The number of nitrogens with one attached hydrogen (secondary N) is 1. The molecule has 2 rings (SSSR count). The molecule has 0 radical (unpaired) electrons. The van der Waals surface area contributed by atoms with Crippen LogP contribution >= 0.6 is 0 Å². The van der Waals surface area contributed by atoms with E-state index in [0.717, 1.165) is 18.5 Å². The van der Waals surface area contributed by atoms with Crippen LogP contribution in [0, 0.1) is 0 Å². The number of aliphatic hydroxyl groups is 1. The van der Waals surface area contributed by atoms with Gasteiger partial charge in [-0.3, -0.25) is 9.59 Å². The van der Waals surface area contributed by atoms with Gasteiger partial charge in [-0.05, 0) is 18.4 Å². The average molecular weight is 290 g/mol. The van der Waals surface area contributed by atoms with E-state index >= 15 is 0 Å². The highest BCUT2D eigenvalue weighted by Gasteiger charge is 2.21. The predicted octanol–water partition coefficient (Wildman–Crippen LogP) is 0.719. The van der Waals surface area contributed by atoms with Crippen LogP contribution in [0.5, 0.6) is 0 Å². The number of hydrogen-bond acceptors (Lipinski definition) is 3. The first-order chi connectivity index (χ1) is 10.2. The number of carbonyl (C=O) groups is 2. The Morgan fingerprint density at radius 3 is 2.71 bits per heavy atom. The van der Waals surface area contributed by atoms with Crippen molar-refractivity contribution in [1.82, 2.24) is 10.2 Å². The number of amides is 2. The quantitative estimate of drug-likeness (QED) is 0.777. The Morgan fingerprint density at radius 2 is 2.10 bits per heavy atom. The molecule has 1 heterocycles. The minimum Gasteiger partial charge on any atom is -0.394 e. The summed E-state index contributed by atoms with van der Waals surface area (Å²) in [5.74, 6) is 0.00970. The van der Waals surface area contributed by atoms with Gasteiger partial charge < -0.3 is 15.3 Å². The molecule has 5 heteroatoms. The van der Waals surface area contributed by atoms with E-state index in [1.165, 1.54) is 0 Å². The van der Waals surface area contributed by atoms with E-state index in [2.05, 4.69) is 5.32 Å². The highest BCUT2D eigenvalue weighted by atomic mass is 16.3. The van der Waals surface area contributed by atoms with Gasteiger partial charge in [0.15, 0.2) is 0 Å². The van der Waals surface area contributed by atoms with Gasteiger partial charge in [0.1, 0.15) is 0 Å². The van der Waals surface area contributed by atoms with Gasteiger partial charge in [-0.15, -0.1) is 0 Å². The molecule has 1 unspecified atom stereocenters. The van der Waals surface area contributed by atoms with E-state index < -0.39 is 0 Å². The summed E-state index contributed by atoms with van der Waals surface area (Å²) in [4.78, 5) is 25.1. The fourth-order valence-corrected chi connectivity index (χ4v) is 2.54. The minimum absolute atomic E-state index is 0.0940. The summed E-state index contributed by atoms with van der Waals surface area (Å²) in [5, 5.41) is 12.2. The van der Waals surface area contributed by atoms with Gasteiger partial charge in [0.25, 0.3) is 0 Å². The lowest BCUT2D eigenvalue weighted by atomic mass is 10.1. The van der Waals surface area contributed by atoms with Gasteiger partial charge in [-0.25, -0.2) is 0 Å². The van der Waals surface area contributed by atoms with E-state index in [1.54, 1.807) is 4.90 Å². The Morgan fingerprint density at radius 1 is 1.33 bits per heavy atom. The second kappa shape index (κ2) is 7.78. The number of benzene rings is 1. The maximum absolute atomic E-state index is 11.9. The Balaban J connectivity index is 1.75. The van der Waals surface area contributed by atoms with Crippen LogP contribution in [-0.2, 0) is 16.0 Å². The van der Waals surface area contributed by atoms with Crippen molar-refractivity contribution in [1.29, 1.82) is 0 Å². The van der Waals surface area contributed by atoms with Gasteiger partial charge in [0, 0.05) is 25.9 Å². The van der Waals surface area contributed by atoms with E-state index in [0.29, 0.717) is 19.4 Å². The Labute approximate surface area is 125 Å². The molecule has 1 aliphatic heterocycles. The fourth-order valence-electron chi connectivity index (χ4n) is 2.54. The normalized spacial score (nSPS) is 16.0. The molecule has 1 atom stereocenters. The maximum atomic E-state index is 11.9. The van der Waals surface area contributed by atoms with Gasteiger partial charge in [-0.2, -0.15) is 0 Å². The summed E-state index contributed by atoms with van der Waals surface area (Å²) in [6.07, 6.45) is 2.37. The van der Waals surface area contributed by atoms with Gasteiger partial charge in [0.05, 0.1) is 12.6 Å². The van der Waals surface area contributed by atoms with Crippen molar-refractivity contribution in [3.8, 4) is 0 Å². The van der Waals surface area contributed by atoms with Gasteiger partial charge in [-0.1, -0.05) is 30.3 Å². The zero-order chi connectivity index (χ0) is 15.1. The molecule has 0 bridgehead atoms. The third-order valence-corrected chi connectivity index (χ3v) is 3.69. The highest BCUT2D eigenvalue weighted by Crippen LogP contribution is 2.09. The third-order valence-electron chi connectivity index (χ3n) is 3.69.